The Balaban J connectivity index is 1.93. The minimum absolute atomic E-state index is 0.439. The quantitative estimate of drug-likeness (QED) is 0.866. The van der Waals surface area contributed by atoms with E-state index >= 15 is 0 Å². The molecule has 1 saturated heterocycles. The number of nitrogens with one attached hydrogen (secondary N) is 2. The van der Waals surface area contributed by atoms with E-state index in [1.807, 2.05) is 13.8 Å². The Kier molecular flexibility index (Phi) is 4.42. The molecule has 0 radical (unpaired) electrons. The summed E-state index contributed by atoms with van der Waals surface area (Å²) in [6.45, 7) is 6.38. The number of hydrogen-bond acceptors (Lipinski definition) is 4. The van der Waals surface area contributed by atoms with Crippen LogP contribution in [0.15, 0.2) is 11.0 Å². The molecule has 1 unspecified atom stereocenters. The van der Waals surface area contributed by atoms with Gasteiger partial charge in [0.2, 0.25) is 10.0 Å². The second-order valence-electron chi connectivity index (χ2n) is 4.82. The number of thiophene rings is 1. The third-order valence-corrected chi connectivity index (χ3v) is 5.97. The van der Waals surface area contributed by atoms with E-state index in [1.54, 1.807) is 6.07 Å². The monoisotopic (exact) mass is 288 g/mol. The molecule has 1 aromatic rings. The predicted octanol–water partition coefficient (Wildman–Crippen LogP) is 1.64. The van der Waals surface area contributed by atoms with Gasteiger partial charge in [-0.3, -0.25) is 0 Å². The lowest BCUT2D eigenvalue weighted by Gasteiger charge is -2.09. The molecule has 0 saturated carbocycles. The summed E-state index contributed by atoms with van der Waals surface area (Å²) >= 11 is 1.53. The Morgan fingerprint density at radius 1 is 1.50 bits per heavy atom. The van der Waals surface area contributed by atoms with Crippen LogP contribution < -0.4 is 10.0 Å². The number of aryl methyl sites for hydroxylation is 2. The maximum Gasteiger partial charge on any atom is 0.241 e. The van der Waals surface area contributed by atoms with Crippen molar-refractivity contribution in [2.24, 2.45) is 5.92 Å². The predicted molar refractivity (Wildman–Crippen MR) is 74.6 cm³/mol. The van der Waals surface area contributed by atoms with Gasteiger partial charge in [-0.1, -0.05) is 0 Å². The smallest absolute Gasteiger partial charge is 0.241 e. The van der Waals surface area contributed by atoms with Gasteiger partial charge in [0.05, 0.1) is 4.90 Å². The van der Waals surface area contributed by atoms with Crippen molar-refractivity contribution in [1.29, 1.82) is 0 Å². The molecule has 2 rings (SSSR count). The third kappa shape index (κ3) is 3.32. The molecule has 0 bridgehead atoms. The van der Waals surface area contributed by atoms with Gasteiger partial charge in [0.25, 0.3) is 0 Å². The Labute approximate surface area is 113 Å². The molecule has 1 atom stereocenters. The van der Waals surface area contributed by atoms with Gasteiger partial charge in [0.15, 0.2) is 0 Å². The van der Waals surface area contributed by atoms with E-state index in [0.717, 1.165) is 35.7 Å². The van der Waals surface area contributed by atoms with E-state index in [-0.39, 0.29) is 0 Å². The Morgan fingerprint density at radius 3 is 2.83 bits per heavy atom. The fourth-order valence-corrected chi connectivity index (χ4v) is 4.91. The Morgan fingerprint density at radius 2 is 2.28 bits per heavy atom. The van der Waals surface area contributed by atoms with E-state index in [4.69, 9.17) is 0 Å². The molecule has 1 aromatic heterocycles. The highest BCUT2D eigenvalue weighted by atomic mass is 32.2. The van der Waals surface area contributed by atoms with Crippen molar-refractivity contribution in [1.82, 2.24) is 10.0 Å². The molecule has 102 valence electrons. The summed E-state index contributed by atoms with van der Waals surface area (Å²) in [5, 5.41) is 3.29. The molecule has 2 N–H and O–H groups in total. The third-order valence-electron chi connectivity index (χ3n) is 3.29. The fourth-order valence-electron chi connectivity index (χ4n) is 2.31. The van der Waals surface area contributed by atoms with Crippen molar-refractivity contribution in [2.75, 3.05) is 19.6 Å². The standard InChI is InChI=1S/C12H20N2O2S2/c1-9-7-12(10(2)17-9)18(15,16)14-6-4-11-3-5-13-8-11/h7,11,13-14H,3-6,8H2,1-2H3. The second-order valence-corrected chi connectivity index (χ2v) is 8.02. The molecule has 2 heterocycles. The average molecular weight is 288 g/mol. The van der Waals surface area contributed by atoms with Gasteiger partial charge in [-0.15, -0.1) is 11.3 Å². The topological polar surface area (TPSA) is 58.2 Å². The van der Waals surface area contributed by atoms with E-state index in [9.17, 15) is 8.42 Å². The van der Waals surface area contributed by atoms with Crippen LogP contribution >= 0.6 is 11.3 Å². The summed E-state index contributed by atoms with van der Waals surface area (Å²) in [5.74, 6) is 0.609. The van der Waals surface area contributed by atoms with Crippen LogP contribution in [-0.2, 0) is 10.0 Å². The van der Waals surface area contributed by atoms with Crippen LogP contribution in [0.25, 0.3) is 0 Å². The molecular weight excluding hydrogens is 268 g/mol. The highest BCUT2D eigenvalue weighted by Gasteiger charge is 2.20. The molecule has 18 heavy (non-hydrogen) atoms. The summed E-state index contributed by atoms with van der Waals surface area (Å²) < 4.78 is 26.9. The van der Waals surface area contributed by atoms with Gasteiger partial charge in [-0.05, 0) is 51.8 Å². The van der Waals surface area contributed by atoms with Gasteiger partial charge in [-0.2, -0.15) is 0 Å². The summed E-state index contributed by atoms with van der Waals surface area (Å²) in [4.78, 5) is 2.34. The zero-order valence-electron chi connectivity index (χ0n) is 10.8. The fraction of sp³-hybridized carbons (Fsp3) is 0.667. The zero-order valence-corrected chi connectivity index (χ0v) is 12.5. The molecule has 4 nitrogen and oxygen atoms in total. The van der Waals surface area contributed by atoms with Crippen LogP contribution in [0.4, 0.5) is 0 Å². The number of rotatable bonds is 5. The maximum absolute atomic E-state index is 12.1. The van der Waals surface area contributed by atoms with Crippen molar-refractivity contribution >= 4 is 21.4 Å². The van der Waals surface area contributed by atoms with Gasteiger partial charge in [-0.25, -0.2) is 13.1 Å². The largest absolute Gasteiger partial charge is 0.316 e. The Hall–Kier alpha value is -0.430. The highest BCUT2D eigenvalue weighted by molar-refractivity contribution is 7.89. The highest BCUT2D eigenvalue weighted by Crippen LogP contribution is 2.24. The number of sulfonamides is 1. The van der Waals surface area contributed by atoms with E-state index in [2.05, 4.69) is 10.0 Å². The van der Waals surface area contributed by atoms with E-state index in [0.29, 0.717) is 17.4 Å². The van der Waals surface area contributed by atoms with Crippen molar-refractivity contribution < 1.29 is 8.42 Å². The first-order valence-corrected chi connectivity index (χ1v) is 8.56. The van der Waals surface area contributed by atoms with Crippen LogP contribution in [0.2, 0.25) is 0 Å². The molecule has 1 aliphatic rings. The lowest BCUT2D eigenvalue weighted by Crippen LogP contribution is -2.26. The molecule has 1 aliphatic heterocycles. The van der Waals surface area contributed by atoms with Crippen LogP contribution in [0.5, 0.6) is 0 Å². The lowest BCUT2D eigenvalue weighted by molar-refractivity contribution is 0.519. The molecule has 0 aromatic carbocycles. The van der Waals surface area contributed by atoms with Gasteiger partial charge in [0, 0.05) is 16.3 Å². The summed E-state index contributed by atoms with van der Waals surface area (Å²) in [6.07, 6.45) is 2.06. The minimum Gasteiger partial charge on any atom is -0.316 e. The van der Waals surface area contributed by atoms with E-state index in [1.165, 1.54) is 11.3 Å². The normalized spacial score (nSPS) is 20.4. The molecule has 6 heteroatoms. The molecule has 1 fully saturated rings. The van der Waals surface area contributed by atoms with Gasteiger partial charge < -0.3 is 5.32 Å². The SMILES string of the molecule is Cc1cc(S(=O)(=O)NCCC2CCNC2)c(C)s1. The summed E-state index contributed by atoms with van der Waals surface area (Å²) in [5.41, 5.74) is 0. The second kappa shape index (κ2) is 5.69. The maximum atomic E-state index is 12.1. The van der Waals surface area contributed by atoms with Crippen molar-refractivity contribution in [2.45, 2.75) is 31.6 Å². The summed E-state index contributed by atoms with van der Waals surface area (Å²) in [7, 11) is -3.32. The average Bonchev–Trinajstić information content (AvgIpc) is 2.88. The first-order chi connectivity index (χ1) is 8.49. The Bertz CT molecular complexity index is 502. The molecule has 0 aliphatic carbocycles. The minimum atomic E-state index is -3.32. The van der Waals surface area contributed by atoms with Crippen molar-refractivity contribution in [3.63, 3.8) is 0 Å². The lowest BCUT2D eigenvalue weighted by atomic mass is 10.1. The molecular formula is C12H20N2O2S2. The van der Waals surface area contributed by atoms with Crippen LogP contribution in [0.1, 0.15) is 22.6 Å². The van der Waals surface area contributed by atoms with Crippen molar-refractivity contribution in [3.05, 3.63) is 15.8 Å². The van der Waals surface area contributed by atoms with Crippen molar-refractivity contribution in [3.8, 4) is 0 Å². The molecule has 0 spiro atoms. The van der Waals surface area contributed by atoms with Crippen LogP contribution in [-0.4, -0.2) is 28.1 Å². The first-order valence-electron chi connectivity index (χ1n) is 6.26. The summed E-state index contributed by atoms with van der Waals surface area (Å²) in [6, 6.07) is 1.75. The van der Waals surface area contributed by atoms with E-state index < -0.39 is 10.0 Å². The number of hydrogen-bond donors (Lipinski definition) is 2. The zero-order chi connectivity index (χ0) is 13.2. The first kappa shape index (κ1) is 14.0. The van der Waals surface area contributed by atoms with Gasteiger partial charge >= 0.3 is 0 Å². The van der Waals surface area contributed by atoms with Crippen LogP contribution in [0.3, 0.4) is 0 Å². The van der Waals surface area contributed by atoms with Crippen LogP contribution in [0, 0.1) is 19.8 Å². The van der Waals surface area contributed by atoms with Gasteiger partial charge in [0.1, 0.15) is 0 Å². The molecule has 0 amide bonds.